The van der Waals surface area contributed by atoms with Crippen molar-refractivity contribution in [2.24, 2.45) is 47.3 Å². The predicted molar refractivity (Wildman–Crippen MR) is 205 cm³/mol. The van der Waals surface area contributed by atoms with Crippen LogP contribution < -0.4 is 22.1 Å². The molecule has 0 radical (unpaired) electrons. The van der Waals surface area contributed by atoms with Crippen LogP contribution in [-0.2, 0) is 18.5 Å². The summed E-state index contributed by atoms with van der Waals surface area (Å²) in [5.74, 6) is 4.69. The van der Waals surface area contributed by atoms with Crippen molar-refractivity contribution in [2.45, 2.75) is 132 Å². The summed E-state index contributed by atoms with van der Waals surface area (Å²) in [7, 11) is -1.97. The number of unbranched alkanes of at least 4 members (excludes halogenated alkanes) is 1. The summed E-state index contributed by atoms with van der Waals surface area (Å²) in [5, 5.41) is 6.91. The SMILES string of the molecule is B[PH]1(O)OC[C@H]2O[C@@H](n3ccc(N)nc3=O)C(OC(=O)NCCCCNC(C)(C(C)C(C)C(C)C(C)CC)C(C)C(C)C(C)C(C)CC)[C@@H]2O1. The zero-order chi connectivity index (χ0) is 37.6. The average molecular weight is 726 g/mol. The Balaban J connectivity index is 1.63. The summed E-state index contributed by atoms with van der Waals surface area (Å²) in [5.41, 5.74) is 4.97. The topological polar surface area (TPSA) is 159 Å². The number of rotatable bonds is 18. The number of amides is 1. The Morgan fingerprint density at radius 3 is 2.16 bits per heavy atom. The van der Waals surface area contributed by atoms with Crippen molar-refractivity contribution in [3.05, 3.63) is 22.7 Å². The Hall–Kier alpha value is -1.76. The molecule has 2 aliphatic rings. The van der Waals surface area contributed by atoms with Gasteiger partial charge in [0.1, 0.15) is 0 Å². The minimum absolute atomic E-state index is 0.0484. The molecule has 14 heteroatoms. The van der Waals surface area contributed by atoms with Gasteiger partial charge in [-0.1, -0.05) is 82.1 Å². The van der Waals surface area contributed by atoms with Gasteiger partial charge in [-0.2, -0.15) is 0 Å². The molecule has 12 nitrogen and oxygen atoms in total. The Morgan fingerprint density at radius 2 is 1.62 bits per heavy atom. The molecule has 2 saturated heterocycles. The van der Waals surface area contributed by atoms with Crippen LogP contribution in [0, 0.1) is 47.3 Å². The van der Waals surface area contributed by atoms with Gasteiger partial charge in [0.2, 0.25) is 0 Å². The first kappa shape index (κ1) is 42.7. The van der Waals surface area contributed by atoms with Crippen LogP contribution in [0.3, 0.4) is 0 Å². The molecule has 1 amide bonds. The second-order valence-electron chi connectivity index (χ2n) is 15.9. The fraction of sp³-hybridized carbons (Fsp3) is 0.861. The van der Waals surface area contributed by atoms with Crippen molar-refractivity contribution in [1.82, 2.24) is 20.2 Å². The summed E-state index contributed by atoms with van der Waals surface area (Å²) < 4.78 is 24.4. The normalized spacial score (nSPS) is 28.5. The van der Waals surface area contributed by atoms with E-state index in [1.807, 2.05) is 0 Å². The van der Waals surface area contributed by atoms with Crippen LogP contribution in [0.25, 0.3) is 0 Å². The number of carbonyl (C=O) groups is 1. The number of anilines is 1. The Kier molecular flexibility index (Phi) is 15.6. The summed E-state index contributed by atoms with van der Waals surface area (Å²) in [4.78, 5) is 40.1. The molecule has 0 spiro atoms. The van der Waals surface area contributed by atoms with Gasteiger partial charge < -0.3 is 0 Å². The quantitative estimate of drug-likeness (QED) is 0.0889. The second-order valence-corrected chi connectivity index (χ2v) is 18.2. The summed E-state index contributed by atoms with van der Waals surface area (Å²) >= 11 is 0. The molecule has 50 heavy (non-hydrogen) atoms. The molecule has 5 N–H and O–H groups in total. The Labute approximate surface area is 302 Å². The van der Waals surface area contributed by atoms with E-state index >= 15 is 0 Å². The van der Waals surface area contributed by atoms with Crippen LogP contribution >= 0.6 is 7.82 Å². The molecule has 12 atom stereocenters. The third kappa shape index (κ3) is 10.2. The zero-order valence-corrected chi connectivity index (χ0v) is 33.9. The summed E-state index contributed by atoms with van der Waals surface area (Å²) in [6, 6.07) is 1.46. The van der Waals surface area contributed by atoms with E-state index in [1.165, 1.54) is 37.2 Å². The van der Waals surface area contributed by atoms with Crippen LogP contribution in [0.4, 0.5) is 10.6 Å². The van der Waals surface area contributed by atoms with Crippen molar-refractivity contribution in [3.8, 4) is 0 Å². The van der Waals surface area contributed by atoms with Crippen LogP contribution in [0.1, 0.15) is 108 Å². The molecule has 0 aliphatic carbocycles. The van der Waals surface area contributed by atoms with Crippen LogP contribution in [0.15, 0.2) is 17.1 Å². The van der Waals surface area contributed by atoms with Crippen LogP contribution in [-0.4, -0.2) is 71.7 Å². The predicted octanol–water partition coefficient (Wildman–Crippen LogP) is 5.31. The number of nitrogens with two attached hydrogens (primary N) is 1. The van der Waals surface area contributed by atoms with E-state index in [0.29, 0.717) is 53.9 Å². The molecule has 288 valence electrons. The van der Waals surface area contributed by atoms with Gasteiger partial charge in [0.15, 0.2) is 0 Å². The number of fused-ring (bicyclic) bond motifs is 1. The van der Waals surface area contributed by atoms with Crippen molar-refractivity contribution < 1.29 is 28.2 Å². The number of nitrogen functional groups attached to an aromatic ring is 1. The molecular formula is C36H69BN5O7P. The number of alkyl carbamates (subject to hydrolysis) is 1. The Morgan fingerprint density at radius 1 is 1.06 bits per heavy atom. The van der Waals surface area contributed by atoms with Crippen molar-refractivity contribution in [2.75, 3.05) is 25.4 Å². The maximum atomic E-state index is 13.1. The number of carbonyl (C=O) groups excluding carboxylic acids is 1. The van der Waals surface area contributed by atoms with Gasteiger partial charge in [-0.15, -0.1) is 0 Å². The van der Waals surface area contributed by atoms with Gasteiger partial charge in [0.25, 0.3) is 0 Å². The number of nitrogens with zero attached hydrogens (tertiary/aromatic N) is 2. The van der Waals surface area contributed by atoms with E-state index in [9.17, 15) is 14.5 Å². The van der Waals surface area contributed by atoms with Gasteiger partial charge in [-0.25, -0.2) is 0 Å². The third-order valence-corrected chi connectivity index (χ3v) is 14.5. The first-order chi connectivity index (χ1) is 23.4. The van der Waals surface area contributed by atoms with E-state index < -0.39 is 44.1 Å². The van der Waals surface area contributed by atoms with E-state index in [-0.39, 0.29) is 18.0 Å². The van der Waals surface area contributed by atoms with Gasteiger partial charge in [-0.05, 0) is 54.3 Å². The van der Waals surface area contributed by atoms with E-state index in [4.69, 9.17) is 24.3 Å². The molecule has 2 fully saturated rings. The van der Waals surface area contributed by atoms with Crippen LogP contribution in [0.2, 0.25) is 0 Å². The zero-order valence-electron chi connectivity index (χ0n) is 32.9. The van der Waals surface area contributed by atoms with Gasteiger partial charge in [0, 0.05) is 0 Å². The monoisotopic (exact) mass is 726 g/mol. The summed E-state index contributed by atoms with van der Waals surface area (Å²) in [6.07, 6.45) is 1.29. The number of hydrogen-bond acceptors (Lipinski definition) is 10. The molecule has 3 heterocycles. The molecule has 0 bridgehead atoms. The van der Waals surface area contributed by atoms with Gasteiger partial charge in [-0.3, -0.25) is 0 Å². The molecule has 1 aromatic heterocycles. The second kappa shape index (κ2) is 18.3. The molecule has 2 aliphatic heterocycles. The fourth-order valence-electron chi connectivity index (χ4n) is 7.96. The fourth-order valence-corrected chi connectivity index (χ4v) is 9.29. The van der Waals surface area contributed by atoms with E-state index in [0.717, 1.165) is 19.4 Å². The van der Waals surface area contributed by atoms with Crippen molar-refractivity contribution >= 4 is 27.3 Å². The number of hydrogen-bond donors (Lipinski definition) is 4. The third-order valence-electron chi connectivity index (χ3n) is 13.1. The molecule has 0 aromatic carbocycles. The number of aromatic nitrogens is 2. The first-order valence-electron chi connectivity index (χ1n) is 19.1. The Bertz CT molecular complexity index is 1260. The first-order valence-corrected chi connectivity index (χ1v) is 21.4. The standard InChI is InChI=1S/C36H69BN5O7P/c1-12-21(3)23(5)25(7)27(9)36(11,28(10)26(8)24(6)22(4)13-2)40-18-15-14-17-39-35(44)48-32-31-29(20-46-50(37,45)49-31)47-33(32)42-19-16-30(38)41-34(42)43/h16,19,21-29,31-33,40,45,50H,12-15,17-18,20,37H2,1-11H3,(H,39,44)(H2,38,41,43)/t21?,22?,23?,24?,25?,26?,27?,28?,29-,31-,32?,33-,36?/m1/s1. The van der Waals surface area contributed by atoms with Crippen molar-refractivity contribution in [1.29, 1.82) is 0 Å². The van der Waals surface area contributed by atoms with Crippen LogP contribution in [0.5, 0.6) is 0 Å². The number of nitrogens with one attached hydrogen (secondary N) is 2. The molecular weight excluding hydrogens is 656 g/mol. The van der Waals surface area contributed by atoms with Crippen molar-refractivity contribution in [3.63, 3.8) is 0 Å². The molecule has 1 aromatic rings. The molecule has 3 rings (SSSR count). The minimum atomic E-state index is -3.46. The molecule has 0 saturated carbocycles. The summed E-state index contributed by atoms with van der Waals surface area (Å²) in [6.45, 7) is 27.6. The van der Waals surface area contributed by atoms with Gasteiger partial charge in [0.05, 0.1) is 0 Å². The molecule has 9 unspecified atom stereocenters. The van der Waals surface area contributed by atoms with E-state index in [1.54, 1.807) is 0 Å². The van der Waals surface area contributed by atoms with Gasteiger partial charge >= 0.3 is 167 Å². The maximum absolute atomic E-state index is 13.1. The average Bonchev–Trinajstić information content (AvgIpc) is 3.41. The van der Waals surface area contributed by atoms with E-state index in [2.05, 4.69) is 91.8 Å². The number of ether oxygens (including phenoxy) is 2.